The average molecular weight is 291 g/mol. The number of benzene rings is 1. The topological polar surface area (TPSA) is 41.7 Å². The summed E-state index contributed by atoms with van der Waals surface area (Å²) in [5, 5.41) is 0. The lowest BCUT2D eigenvalue weighted by atomic mass is 10.0. The first-order chi connectivity index (χ1) is 10.0. The van der Waals surface area contributed by atoms with E-state index in [4.69, 9.17) is 10.5 Å². The van der Waals surface area contributed by atoms with E-state index in [1.807, 2.05) is 0 Å². The predicted octanol–water partition coefficient (Wildman–Crippen LogP) is 2.38. The highest BCUT2D eigenvalue weighted by molar-refractivity contribution is 5.58. The fourth-order valence-corrected chi connectivity index (χ4v) is 3.10. The van der Waals surface area contributed by atoms with Crippen LogP contribution in [0.25, 0.3) is 0 Å². The van der Waals surface area contributed by atoms with E-state index in [0.29, 0.717) is 18.7 Å². The van der Waals surface area contributed by atoms with Crippen LogP contribution in [-0.2, 0) is 11.3 Å². The van der Waals surface area contributed by atoms with Gasteiger partial charge in [-0.3, -0.25) is 4.90 Å². The lowest BCUT2D eigenvalue weighted by Crippen LogP contribution is -2.29. The zero-order chi connectivity index (χ0) is 15.4. The van der Waals surface area contributed by atoms with Crippen LogP contribution >= 0.6 is 0 Å². The lowest BCUT2D eigenvalue weighted by molar-refractivity contribution is 0.0675. The van der Waals surface area contributed by atoms with Gasteiger partial charge in [0.05, 0.1) is 6.10 Å². The van der Waals surface area contributed by atoms with Crippen molar-refractivity contribution in [3.8, 4) is 0 Å². The van der Waals surface area contributed by atoms with E-state index in [1.54, 1.807) is 0 Å². The Labute approximate surface area is 128 Å². The molecule has 0 spiro atoms. The summed E-state index contributed by atoms with van der Waals surface area (Å²) in [6, 6.07) is 6.91. The molecule has 4 nitrogen and oxygen atoms in total. The number of nitrogens with zero attached hydrogens (tertiary/aromatic N) is 2. The third-order valence-corrected chi connectivity index (χ3v) is 4.09. The highest BCUT2D eigenvalue weighted by Gasteiger charge is 2.30. The van der Waals surface area contributed by atoms with Crippen LogP contribution < -0.4 is 10.6 Å². The summed E-state index contributed by atoms with van der Waals surface area (Å²) in [6.45, 7) is 7.69. The van der Waals surface area contributed by atoms with Gasteiger partial charge in [0.2, 0.25) is 0 Å². The summed E-state index contributed by atoms with van der Waals surface area (Å²) in [6.07, 6.45) is 1.37. The van der Waals surface area contributed by atoms with Crippen molar-refractivity contribution in [2.75, 3.05) is 38.7 Å². The van der Waals surface area contributed by atoms with Gasteiger partial charge < -0.3 is 15.4 Å². The highest BCUT2D eigenvalue weighted by atomic mass is 16.5. The number of anilines is 1. The molecule has 4 heteroatoms. The molecule has 118 valence electrons. The van der Waals surface area contributed by atoms with Gasteiger partial charge >= 0.3 is 0 Å². The maximum Gasteiger partial charge on any atom is 0.0518 e. The van der Waals surface area contributed by atoms with Gasteiger partial charge in [-0.2, -0.15) is 0 Å². The maximum absolute atomic E-state index is 6.03. The Hall–Kier alpha value is -1.10. The van der Waals surface area contributed by atoms with Crippen molar-refractivity contribution in [3.63, 3.8) is 0 Å². The van der Waals surface area contributed by atoms with Crippen LogP contribution in [0.2, 0.25) is 0 Å². The smallest absolute Gasteiger partial charge is 0.0518 e. The molecule has 1 aromatic rings. The molecule has 0 fully saturated rings. The summed E-state index contributed by atoms with van der Waals surface area (Å²) in [5.41, 5.74) is 10.2. The SMILES string of the molecule is CC(C)OCCCN1Cc2c(cccc2N(C)C)C1CN. The molecule has 0 aromatic heterocycles. The van der Waals surface area contributed by atoms with E-state index in [9.17, 15) is 0 Å². The zero-order valence-corrected chi connectivity index (χ0v) is 13.8. The second-order valence-corrected chi connectivity index (χ2v) is 6.23. The van der Waals surface area contributed by atoms with Gasteiger partial charge in [-0.25, -0.2) is 0 Å². The normalized spacial score (nSPS) is 18.3. The van der Waals surface area contributed by atoms with Crippen molar-refractivity contribution in [1.29, 1.82) is 0 Å². The molecule has 1 atom stereocenters. The quantitative estimate of drug-likeness (QED) is 0.783. The number of hydrogen-bond donors (Lipinski definition) is 1. The molecule has 0 saturated heterocycles. The summed E-state index contributed by atoms with van der Waals surface area (Å²) in [4.78, 5) is 4.68. The molecule has 1 aromatic carbocycles. The molecular formula is C17H29N3O. The molecule has 2 N–H and O–H groups in total. The van der Waals surface area contributed by atoms with Crippen molar-refractivity contribution in [3.05, 3.63) is 29.3 Å². The minimum Gasteiger partial charge on any atom is -0.379 e. The monoisotopic (exact) mass is 291 g/mol. The molecule has 0 saturated carbocycles. The van der Waals surface area contributed by atoms with Crippen molar-refractivity contribution < 1.29 is 4.74 Å². The van der Waals surface area contributed by atoms with Gasteiger partial charge in [-0.05, 0) is 37.5 Å². The molecule has 1 aliphatic rings. The van der Waals surface area contributed by atoms with E-state index in [0.717, 1.165) is 26.1 Å². The standard InChI is InChI=1S/C17H29N3O/c1-13(2)21-10-6-9-20-12-15-14(17(20)11-18)7-5-8-16(15)19(3)4/h5,7-8,13,17H,6,9-12,18H2,1-4H3. The largest absolute Gasteiger partial charge is 0.379 e. The highest BCUT2D eigenvalue weighted by Crippen LogP contribution is 2.37. The molecule has 0 aliphatic carbocycles. The van der Waals surface area contributed by atoms with E-state index >= 15 is 0 Å². The van der Waals surface area contributed by atoms with Crippen molar-refractivity contribution in [2.45, 2.75) is 39.0 Å². The first-order valence-corrected chi connectivity index (χ1v) is 7.89. The Morgan fingerprint density at radius 2 is 2.14 bits per heavy atom. The van der Waals surface area contributed by atoms with Crippen LogP contribution in [0.5, 0.6) is 0 Å². The van der Waals surface area contributed by atoms with Crippen LogP contribution in [0, 0.1) is 0 Å². The Balaban J connectivity index is 2.04. The number of nitrogens with two attached hydrogens (primary N) is 1. The number of fused-ring (bicyclic) bond motifs is 1. The Bertz CT molecular complexity index is 459. The number of rotatable bonds is 7. The fourth-order valence-electron chi connectivity index (χ4n) is 3.10. The summed E-state index contributed by atoms with van der Waals surface area (Å²) >= 11 is 0. The second kappa shape index (κ2) is 7.25. The Morgan fingerprint density at radius 3 is 2.76 bits per heavy atom. The van der Waals surface area contributed by atoms with Gasteiger partial charge in [0.15, 0.2) is 0 Å². The first kappa shape index (κ1) is 16.3. The summed E-state index contributed by atoms with van der Waals surface area (Å²) in [7, 11) is 4.21. The van der Waals surface area contributed by atoms with E-state index in [-0.39, 0.29) is 0 Å². The Kier molecular flexibility index (Phi) is 5.62. The molecular weight excluding hydrogens is 262 g/mol. The van der Waals surface area contributed by atoms with Crippen LogP contribution in [0.4, 0.5) is 5.69 Å². The number of hydrogen-bond acceptors (Lipinski definition) is 4. The van der Waals surface area contributed by atoms with Gasteiger partial charge in [0.25, 0.3) is 0 Å². The molecule has 21 heavy (non-hydrogen) atoms. The van der Waals surface area contributed by atoms with Gasteiger partial charge in [0, 0.05) is 52.1 Å². The van der Waals surface area contributed by atoms with Crippen molar-refractivity contribution >= 4 is 5.69 Å². The minimum atomic E-state index is 0.312. The maximum atomic E-state index is 6.03. The van der Waals surface area contributed by atoms with Crippen LogP contribution in [-0.4, -0.2) is 44.8 Å². The molecule has 0 radical (unpaired) electrons. The summed E-state index contributed by atoms with van der Waals surface area (Å²) < 4.78 is 5.64. The van der Waals surface area contributed by atoms with Crippen molar-refractivity contribution in [1.82, 2.24) is 4.90 Å². The van der Waals surface area contributed by atoms with Crippen LogP contribution in [0.1, 0.15) is 37.4 Å². The van der Waals surface area contributed by atoms with Gasteiger partial charge in [-0.15, -0.1) is 0 Å². The lowest BCUT2D eigenvalue weighted by Gasteiger charge is -2.23. The van der Waals surface area contributed by atoms with Gasteiger partial charge in [0.1, 0.15) is 0 Å². The van der Waals surface area contributed by atoms with Crippen LogP contribution in [0.3, 0.4) is 0 Å². The molecule has 0 bridgehead atoms. The van der Waals surface area contributed by atoms with E-state index in [2.05, 4.69) is 55.9 Å². The van der Waals surface area contributed by atoms with E-state index < -0.39 is 0 Å². The average Bonchev–Trinajstić information content (AvgIpc) is 2.80. The number of ether oxygens (including phenoxy) is 1. The first-order valence-electron chi connectivity index (χ1n) is 7.89. The molecule has 1 heterocycles. The molecule has 0 amide bonds. The van der Waals surface area contributed by atoms with Crippen LogP contribution in [0.15, 0.2) is 18.2 Å². The van der Waals surface area contributed by atoms with Gasteiger partial charge in [-0.1, -0.05) is 12.1 Å². The zero-order valence-electron chi connectivity index (χ0n) is 13.8. The predicted molar refractivity (Wildman–Crippen MR) is 88.7 cm³/mol. The summed E-state index contributed by atoms with van der Waals surface area (Å²) in [5.74, 6) is 0. The van der Waals surface area contributed by atoms with E-state index in [1.165, 1.54) is 16.8 Å². The fraction of sp³-hybridized carbons (Fsp3) is 0.647. The third-order valence-electron chi connectivity index (χ3n) is 4.09. The second-order valence-electron chi connectivity index (χ2n) is 6.23. The molecule has 1 aliphatic heterocycles. The van der Waals surface area contributed by atoms with Crippen molar-refractivity contribution in [2.24, 2.45) is 5.73 Å². The Morgan fingerprint density at radius 1 is 1.38 bits per heavy atom. The third kappa shape index (κ3) is 3.76. The molecule has 2 rings (SSSR count). The minimum absolute atomic E-state index is 0.312. The molecule has 1 unspecified atom stereocenters.